The zero-order valence-corrected chi connectivity index (χ0v) is 19.8. The zero-order valence-electron chi connectivity index (χ0n) is 19.8. The molecule has 1 aliphatic carbocycles. The van der Waals surface area contributed by atoms with E-state index >= 15 is 0 Å². The number of benzene rings is 2. The van der Waals surface area contributed by atoms with Gasteiger partial charge in [0.1, 0.15) is 23.7 Å². The Morgan fingerprint density at radius 2 is 1.97 bits per heavy atom. The van der Waals surface area contributed by atoms with Gasteiger partial charge in [-0.05, 0) is 74.8 Å². The van der Waals surface area contributed by atoms with Crippen molar-refractivity contribution in [1.29, 1.82) is 0 Å². The molecule has 0 amide bonds. The molecule has 2 aromatic rings. The van der Waals surface area contributed by atoms with Gasteiger partial charge in [0.25, 0.3) is 0 Å². The molecule has 0 radical (unpaired) electrons. The predicted octanol–water partition coefficient (Wildman–Crippen LogP) is 5.74. The van der Waals surface area contributed by atoms with Crippen LogP contribution in [-0.4, -0.2) is 30.9 Å². The highest BCUT2D eigenvalue weighted by Crippen LogP contribution is 2.43. The van der Waals surface area contributed by atoms with Crippen LogP contribution >= 0.6 is 0 Å². The van der Waals surface area contributed by atoms with Crippen molar-refractivity contribution in [2.75, 3.05) is 13.7 Å². The Balaban J connectivity index is 1.68. The molecule has 6 heteroatoms. The summed E-state index contributed by atoms with van der Waals surface area (Å²) in [6.45, 7) is 4.49. The largest absolute Gasteiger partial charge is 0.495 e. The Labute approximate surface area is 195 Å². The quantitative estimate of drug-likeness (QED) is 0.538. The van der Waals surface area contributed by atoms with Gasteiger partial charge in [-0.25, -0.2) is 4.79 Å². The number of aliphatic hydroxyl groups is 1. The standard InChI is InChI=1S/C27H34O6/c1-17-13-21-16-32-27(29)24-22(12-11-20(26(24)30-3)10-9-18(2)28)33-25(21)23(14-17)31-15-19-7-5-4-6-8-19/h11-14,18-19,28H,4-10,15-16H2,1-3H3. The van der Waals surface area contributed by atoms with Gasteiger partial charge in [0.2, 0.25) is 0 Å². The second kappa shape index (κ2) is 10.5. The third-order valence-electron chi connectivity index (χ3n) is 6.49. The third-order valence-corrected chi connectivity index (χ3v) is 6.49. The van der Waals surface area contributed by atoms with Crippen molar-refractivity contribution < 1.29 is 28.8 Å². The van der Waals surface area contributed by atoms with E-state index in [9.17, 15) is 9.90 Å². The van der Waals surface area contributed by atoms with Crippen molar-refractivity contribution in [1.82, 2.24) is 0 Å². The summed E-state index contributed by atoms with van der Waals surface area (Å²) in [5.41, 5.74) is 2.91. The average Bonchev–Trinajstić information content (AvgIpc) is 2.80. The summed E-state index contributed by atoms with van der Waals surface area (Å²) in [5, 5.41) is 9.69. The highest BCUT2D eigenvalue weighted by Gasteiger charge is 2.28. The van der Waals surface area contributed by atoms with Crippen molar-refractivity contribution >= 4 is 5.97 Å². The highest BCUT2D eigenvalue weighted by atomic mass is 16.6. The number of hydrogen-bond acceptors (Lipinski definition) is 6. The number of esters is 1. The number of cyclic esters (lactones) is 1. The van der Waals surface area contributed by atoms with E-state index in [4.69, 9.17) is 18.9 Å². The lowest BCUT2D eigenvalue weighted by molar-refractivity contribution is 0.0454. The van der Waals surface area contributed by atoms with Crippen LogP contribution in [0.3, 0.4) is 0 Å². The van der Waals surface area contributed by atoms with Gasteiger partial charge in [-0.3, -0.25) is 0 Å². The molecule has 1 aliphatic heterocycles. The van der Waals surface area contributed by atoms with Crippen LogP contribution in [0.5, 0.6) is 23.0 Å². The molecule has 0 spiro atoms. The number of rotatable bonds is 7. The molecule has 1 saturated carbocycles. The Morgan fingerprint density at radius 1 is 1.18 bits per heavy atom. The third kappa shape index (κ3) is 5.44. The lowest BCUT2D eigenvalue weighted by Crippen LogP contribution is -2.17. The molecule has 0 aromatic heterocycles. The van der Waals surface area contributed by atoms with Gasteiger partial charge >= 0.3 is 5.97 Å². The lowest BCUT2D eigenvalue weighted by Gasteiger charge is -2.25. The van der Waals surface area contributed by atoms with E-state index in [-0.39, 0.29) is 12.2 Å². The molecular weight excluding hydrogens is 420 g/mol. The molecule has 2 aliphatic rings. The van der Waals surface area contributed by atoms with E-state index in [1.54, 1.807) is 13.0 Å². The predicted molar refractivity (Wildman–Crippen MR) is 125 cm³/mol. The van der Waals surface area contributed by atoms with Crippen LogP contribution in [0.25, 0.3) is 0 Å². The molecule has 1 N–H and O–H groups in total. The van der Waals surface area contributed by atoms with Crippen LogP contribution in [0.15, 0.2) is 24.3 Å². The Bertz CT molecular complexity index is 991. The maximum absolute atomic E-state index is 13.0. The number of fused-ring (bicyclic) bond motifs is 2. The molecule has 1 atom stereocenters. The minimum absolute atomic E-state index is 0.0934. The van der Waals surface area contributed by atoms with E-state index in [1.165, 1.54) is 39.2 Å². The van der Waals surface area contributed by atoms with Gasteiger partial charge in [0.15, 0.2) is 11.5 Å². The first kappa shape index (κ1) is 23.4. The number of aryl methyl sites for hydroxylation is 2. The fourth-order valence-electron chi connectivity index (χ4n) is 4.71. The summed E-state index contributed by atoms with van der Waals surface area (Å²) < 4.78 is 23.9. The molecule has 1 fully saturated rings. The summed E-state index contributed by atoms with van der Waals surface area (Å²) in [6, 6.07) is 7.61. The normalized spacial score (nSPS) is 17.0. The summed E-state index contributed by atoms with van der Waals surface area (Å²) in [5.74, 6) is 2.15. The van der Waals surface area contributed by atoms with Crippen LogP contribution in [-0.2, 0) is 17.8 Å². The van der Waals surface area contributed by atoms with Crippen molar-refractivity contribution in [2.24, 2.45) is 5.92 Å². The van der Waals surface area contributed by atoms with Crippen LogP contribution < -0.4 is 14.2 Å². The van der Waals surface area contributed by atoms with Crippen LogP contribution in [0.4, 0.5) is 0 Å². The first-order valence-corrected chi connectivity index (χ1v) is 12.0. The van der Waals surface area contributed by atoms with Crippen molar-refractivity contribution in [3.63, 3.8) is 0 Å². The number of hydrogen-bond donors (Lipinski definition) is 1. The maximum atomic E-state index is 13.0. The topological polar surface area (TPSA) is 74.2 Å². The molecule has 0 bridgehead atoms. The molecule has 2 aromatic carbocycles. The Morgan fingerprint density at radius 3 is 2.70 bits per heavy atom. The number of ether oxygens (including phenoxy) is 4. The maximum Gasteiger partial charge on any atom is 0.346 e. The fourth-order valence-corrected chi connectivity index (χ4v) is 4.71. The number of carbonyl (C=O) groups is 1. The highest BCUT2D eigenvalue weighted by molar-refractivity contribution is 5.96. The smallest absolute Gasteiger partial charge is 0.346 e. The molecule has 0 saturated heterocycles. The first-order valence-electron chi connectivity index (χ1n) is 12.0. The summed E-state index contributed by atoms with van der Waals surface area (Å²) in [4.78, 5) is 13.0. The van der Waals surface area contributed by atoms with Crippen LogP contribution in [0.1, 0.15) is 72.5 Å². The molecule has 4 rings (SSSR count). The minimum atomic E-state index is -0.488. The van der Waals surface area contributed by atoms with Crippen molar-refractivity contribution in [2.45, 2.75) is 71.5 Å². The summed E-state index contributed by atoms with van der Waals surface area (Å²) >= 11 is 0. The molecule has 1 unspecified atom stereocenters. The Kier molecular flexibility index (Phi) is 7.43. The van der Waals surface area contributed by atoms with Gasteiger partial charge in [-0.15, -0.1) is 0 Å². The minimum Gasteiger partial charge on any atom is -0.495 e. The average molecular weight is 455 g/mol. The first-order chi connectivity index (χ1) is 16.0. The number of methoxy groups -OCH3 is 1. The van der Waals surface area contributed by atoms with Gasteiger partial charge in [0, 0.05) is 5.56 Å². The van der Waals surface area contributed by atoms with Gasteiger partial charge in [-0.2, -0.15) is 0 Å². The fraction of sp³-hybridized carbons (Fsp3) is 0.519. The molecule has 178 valence electrons. The zero-order chi connectivity index (χ0) is 23.4. The van der Waals surface area contributed by atoms with E-state index < -0.39 is 12.1 Å². The van der Waals surface area contributed by atoms with Gasteiger partial charge in [-0.1, -0.05) is 25.3 Å². The van der Waals surface area contributed by atoms with E-state index in [0.29, 0.717) is 48.4 Å². The molecule has 1 heterocycles. The summed E-state index contributed by atoms with van der Waals surface area (Å²) in [6.07, 6.45) is 6.91. The second-order valence-corrected chi connectivity index (χ2v) is 9.26. The number of aliphatic hydroxyl groups excluding tert-OH is 1. The SMILES string of the molecule is COc1c(CCC(C)O)ccc2c1C(=O)OCc1cc(C)cc(OCC3CCCCC3)c1O2. The van der Waals surface area contributed by atoms with E-state index in [2.05, 4.69) is 0 Å². The second-order valence-electron chi connectivity index (χ2n) is 9.26. The molecule has 6 nitrogen and oxygen atoms in total. The van der Waals surface area contributed by atoms with Crippen LogP contribution in [0.2, 0.25) is 0 Å². The Hall–Kier alpha value is -2.73. The van der Waals surface area contributed by atoms with Crippen molar-refractivity contribution in [3.05, 3.63) is 46.5 Å². The van der Waals surface area contributed by atoms with Gasteiger partial charge in [0.05, 0.1) is 19.8 Å². The lowest BCUT2D eigenvalue weighted by atomic mass is 9.90. The van der Waals surface area contributed by atoms with E-state index in [1.807, 2.05) is 25.1 Å². The summed E-state index contributed by atoms with van der Waals surface area (Å²) in [7, 11) is 1.53. The number of carbonyl (C=O) groups excluding carboxylic acids is 1. The van der Waals surface area contributed by atoms with E-state index in [0.717, 1.165) is 16.7 Å². The molecular formula is C27H34O6. The van der Waals surface area contributed by atoms with Gasteiger partial charge < -0.3 is 24.1 Å². The van der Waals surface area contributed by atoms with Crippen molar-refractivity contribution in [3.8, 4) is 23.0 Å². The monoisotopic (exact) mass is 454 g/mol. The molecule has 33 heavy (non-hydrogen) atoms. The van der Waals surface area contributed by atoms with Crippen LogP contribution in [0, 0.1) is 12.8 Å².